The first kappa shape index (κ1) is 8.48. The highest BCUT2D eigenvalue weighted by atomic mass is 16.5. The van der Waals surface area contributed by atoms with Gasteiger partial charge in [-0.2, -0.15) is 0 Å². The van der Waals surface area contributed by atoms with Gasteiger partial charge >= 0.3 is 0 Å². The molecule has 0 fully saturated rings. The van der Waals surface area contributed by atoms with E-state index in [4.69, 9.17) is 5.21 Å². The van der Waals surface area contributed by atoms with Crippen LogP contribution in [0.2, 0.25) is 0 Å². The molecule has 0 aliphatic rings. The maximum absolute atomic E-state index is 10.6. The van der Waals surface area contributed by atoms with Crippen molar-refractivity contribution in [2.45, 2.75) is 6.92 Å². The summed E-state index contributed by atoms with van der Waals surface area (Å²) in [6.45, 7) is 1.40. The number of hydrogen-bond acceptors (Lipinski definition) is 4. The van der Waals surface area contributed by atoms with Crippen molar-refractivity contribution < 1.29 is 10.0 Å². The first-order valence-corrected chi connectivity index (χ1v) is 3.36. The molecule has 0 bridgehead atoms. The van der Waals surface area contributed by atoms with Gasteiger partial charge < -0.3 is 5.32 Å². The Morgan fingerprint density at radius 2 is 2.33 bits per heavy atom. The molecule has 0 spiro atoms. The van der Waals surface area contributed by atoms with E-state index in [0.29, 0.717) is 11.5 Å². The van der Waals surface area contributed by atoms with Gasteiger partial charge in [-0.15, -0.1) is 0 Å². The Hall–Kier alpha value is -1.62. The molecule has 0 aliphatic carbocycles. The number of amides is 1. The van der Waals surface area contributed by atoms with Crippen LogP contribution in [0.25, 0.3) is 0 Å². The van der Waals surface area contributed by atoms with Crippen LogP contribution < -0.4 is 10.8 Å². The third-order valence-electron chi connectivity index (χ3n) is 1.20. The molecule has 5 nitrogen and oxygen atoms in total. The van der Waals surface area contributed by atoms with E-state index in [2.05, 4.69) is 10.3 Å². The van der Waals surface area contributed by atoms with Crippen molar-refractivity contribution in [3.05, 3.63) is 18.3 Å². The lowest BCUT2D eigenvalue weighted by Gasteiger charge is -2.01. The van der Waals surface area contributed by atoms with Gasteiger partial charge in [0.1, 0.15) is 5.82 Å². The van der Waals surface area contributed by atoms with E-state index in [0.717, 1.165) is 0 Å². The topological polar surface area (TPSA) is 74.2 Å². The van der Waals surface area contributed by atoms with E-state index in [-0.39, 0.29) is 5.91 Å². The summed E-state index contributed by atoms with van der Waals surface area (Å²) in [6.07, 6.45) is 1.41. The van der Waals surface area contributed by atoms with Crippen molar-refractivity contribution >= 4 is 17.4 Å². The third-order valence-corrected chi connectivity index (χ3v) is 1.20. The number of anilines is 2. The van der Waals surface area contributed by atoms with Crippen molar-refractivity contribution in [3.8, 4) is 0 Å². The van der Waals surface area contributed by atoms with E-state index in [1.165, 1.54) is 13.1 Å². The summed E-state index contributed by atoms with van der Waals surface area (Å²) in [7, 11) is 0. The Bertz CT molecular complexity index is 270. The maximum Gasteiger partial charge on any atom is 0.222 e. The number of nitrogens with zero attached hydrogens (tertiary/aromatic N) is 1. The van der Waals surface area contributed by atoms with Crippen LogP contribution >= 0.6 is 0 Å². The Morgan fingerprint density at radius 3 is 2.75 bits per heavy atom. The fraction of sp³-hybridized carbons (Fsp3) is 0.143. The zero-order valence-corrected chi connectivity index (χ0v) is 6.53. The SMILES string of the molecule is CC(=O)Nc1ccc(NO)cn1. The molecular weight excluding hydrogens is 158 g/mol. The Morgan fingerprint density at radius 1 is 1.58 bits per heavy atom. The highest BCUT2D eigenvalue weighted by Crippen LogP contribution is 2.07. The molecule has 3 N–H and O–H groups in total. The third kappa shape index (κ3) is 2.21. The fourth-order valence-electron chi connectivity index (χ4n) is 0.714. The lowest BCUT2D eigenvalue weighted by Crippen LogP contribution is -2.07. The van der Waals surface area contributed by atoms with Gasteiger partial charge in [-0.3, -0.25) is 15.5 Å². The summed E-state index contributed by atoms with van der Waals surface area (Å²) >= 11 is 0. The molecule has 0 atom stereocenters. The van der Waals surface area contributed by atoms with Crippen molar-refractivity contribution in [3.63, 3.8) is 0 Å². The molecule has 0 saturated carbocycles. The summed E-state index contributed by atoms with van der Waals surface area (Å²) < 4.78 is 0. The molecule has 5 heteroatoms. The number of pyridine rings is 1. The number of rotatable bonds is 2. The lowest BCUT2D eigenvalue weighted by molar-refractivity contribution is -0.114. The summed E-state index contributed by atoms with van der Waals surface area (Å²) in [4.78, 5) is 14.4. The van der Waals surface area contributed by atoms with Crippen molar-refractivity contribution in [1.29, 1.82) is 0 Å². The minimum absolute atomic E-state index is 0.174. The number of nitrogens with one attached hydrogen (secondary N) is 2. The zero-order valence-electron chi connectivity index (χ0n) is 6.53. The molecule has 0 unspecified atom stereocenters. The number of aromatic nitrogens is 1. The van der Waals surface area contributed by atoms with Gasteiger partial charge in [-0.25, -0.2) is 4.98 Å². The number of carbonyl (C=O) groups is 1. The van der Waals surface area contributed by atoms with Crippen LogP contribution in [0.1, 0.15) is 6.92 Å². The molecule has 64 valence electrons. The number of carbonyl (C=O) groups excluding carboxylic acids is 1. The van der Waals surface area contributed by atoms with Crippen molar-refractivity contribution in [1.82, 2.24) is 4.98 Å². The van der Waals surface area contributed by atoms with Crippen LogP contribution in [0.4, 0.5) is 11.5 Å². The minimum Gasteiger partial charge on any atom is -0.311 e. The minimum atomic E-state index is -0.174. The lowest BCUT2D eigenvalue weighted by atomic mass is 10.4. The second-order valence-corrected chi connectivity index (χ2v) is 2.23. The van der Waals surface area contributed by atoms with Crippen molar-refractivity contribution in [2.24, 2.45) is 0 Å². The van der Waals surface area contributed by atoms with Gasteiger partial charge in [-0.05, 0) is 12.1 Å². The van der Waals surface area contributed by atoms with Gasteiger partial charge in [0, 0.05) is 6.92 Å². The molecular formula is C7H9N3O2. The van der Waals surface area contributed by atoms with Crippen LogP contribution in [0, 0.1) is 0 Å². The molecule has 0 aliphatic heterocycles. The smallest absolute Gasteiger partial charge is 0.222 e. The standard InChI is InChI=1S/C7H9N3O2/c1-5(11)9-7-3-2-6(10-12)4-8-7/h2-4,10,12H,1H3,(H,8,9,11). The molecule has 0 radical (unpaired) electrons. The van der Waals surface area contributed by atoms with Crippen LogP contribution in [0.5, 0.6) is 0 Å². The molecule has 1 amide bonds. The predicted octanol–water partition coefficient (Wildman–Crippen LogP) is 0.841. The van der Waals surface area contributed by atoms with Crippen LogP contribution in [-0.4, -0.2) is 16.1 Å². The fourth-order valence-corrected chi connectivity index (χ4v) is 0.714. The van der Waals surface area contributed by atoms with Crippen LogP contribution in [0.3, 0.4) is 0 Å². The van der Waals surface area contributed by atoms with Gasteiger partial charge in [0.15, 0.2) is 0 Å². The Kier molecular flexibility index (Phi) is 2.60. The second-order valence-electron chi connectivity index (χ2n) is 2.23. The maximum atomic E-state index is 10.6. The van der Waals surface area contributed by atoms with Gasteiger partial charge in [0.2, 0.25) is 5.91 Å². The van der Waals surface area contributed by atoms with Gasteiger partial charge in [-0.1, -0.05) is 0 Å². The summed E-state index contributed by atoms with van der Waals surface area (Å²) in [5.74, 6) is 0.286. The van der Waals surface area contributed by atoms with Crippen LogP contribution in [0.15, 0.2) is 18.3 Å². The summed E-state index contributed by atoms with van der Waals surface area (Å²) in [6, 6.07) is 3.18. The summed E-state index contributed by atoms with van der Waals surface area (Å²) in [5, 5.41) is 10.9. The molecule has 12 heavy (non-hydrogen) atoms. The van der Waals surface area contributed by atoms with Crippen LogP contribution in [-0.2, 0) is 4.79 Å². The molecule has 1 rings (SSSR count). The highest BCUT2D eigenvalue weighted by molar-refractivity contribution is 5.87. The quantitative estimate of drug-likeness (QED) is 0.570. The number of hydrogen-bond donors (Lipinski definition) is 3. The Labute approximate surface area is 69.4 Å². The van der Waals surface area contributed by atoms with Gasteiger partial charge in [0.05, 0.1) is 11.9 Å². The largest absolute Gasteiger partial charge is 0.311 e. The zero-order chi connectivity index (χ0) is 8.97. The average Bonchev–Trinajstić information content (AvgIpc) is 2.05. The molecule has 1 aromatic rings. The molecule has 0 saturated heterocycles. The first-order chi connectivity index (χ1) is 5.72. The first-order valence-electron chi connectivity index (χ1n) is 3.36. The van der Waals surface area contributed by atoms with E-state index >= 15 is 0 Å². The molecule has 1 heterocycles. The Balaban J connectivity index is 2.71. The van der Waals surface area contributed by atoms with E-state index in [1.807, 2.05) is 5.48 Å². The highest BCUT2D eigenvalue weighted by Gasteiger charge is 1.95. The predicted molar refractivity (Wildman–Crippen MR) is 43.9 cm³/mol. The second kappa shape index (κ2) is 3.68. The normalized spacial score (nSPS) is 9.17. The van der Waals surface area contributed by atoms with E-state index in [1.54, 1.807) is 12.1 Å². The van der Waals surface area contributed by atoms with E-state index < -0.39 is 0 Å². The average molecular weight is 167 g/mol. The molecule has 1 aromatic heterocycles. The van der Waals surface area contributed by atoms with Gasteiger partial charge in [0.25, 0.3) is 0 Å². The monoisotopic (exact) mass is 167 g/mol. The molecule has 0 aromatic carbocycles. The summed E-state index contributed by atoms with van der Waals surface area (Å²) in [5.41, 5.74) is 2.41. The van der Waals surface area contributed by atoms with E-state index in [9.17, 15) is 4.79 Å². The van der Waals surface area contributed by atoms with Crippen molar-refractivity contribution in [2.75, 3.05) is 10.8 Å².